The number of aromatic nitrogens is 2. The number of halogens is 1. The third kappa shape index (κ3) is 4.32. The Hall–Kier alpha value is -2.51. The lowest BCUT2D eigenvalue weighted by Crippen LogP contribution is -2.14. The van der Waals surface area contributed by atoms with E-state index < -0.39 is 0 Å². The molecule has 0 aliphatic rings. The molecule has 0 atom stereocenters. The van der Waals surface area contributed by atoms with Gasteiger partial charge in [-0.25, -0.2) is 0 Å². The van der Waals surface area contributed by atoms with Crippen molar-refractivity contribution in [2.45, 2.75) is 12.1 Å². The largest absolute Gasteiger partial charge is 0.508 e. The van der Waals surface area contributed by atoms with E-state index in [0.717, 1.165) is 17.3 Å². The van der Waals surface area contributed by atoms with Crippen LogP contribution in [0.3, 0.4) is 0 Å². The van der Waals surface area contributed by atoms with Crippen LogP contribution in [0.5, 0.6) is 5.75 Å². The topological polar surface area (TPSA) is 88.2 Å². The smallest absolute Gasteiger partial charge is 0.277 e. The molecule has 1 heterocycles. The predicted octanol–water partition coefficient (Wildman–Crippen LogP) is 4.13. The molecule has 128 valence electrons. The zero-order valence-corrected chi connectivity index (χ0v) is 14.8. The van der Waals surface area contributed by atoms with Crippen molar-refractivity contribution in [1.29, 1.82) is 0 Å². The molecule has 0 bridgehead atoms. The van der Waals surface area contributed by atoms with Gasteiger partial charge in [-0.2, -0.15) is 0 Å². The van der Waals surface area contributed by atoms with E-state index in [2.05, 4.69) is 15.5 Å². The molecule has 1 amide bonds. The van der Waals surface area contributed by atoms with E-state index in [0.29, 0.717) is 27.4 Å². The maximum absolute atomic E-state index is 12.1. The highest BCUT2D eigenvalue weighted by molar-refractivity contribution is 7.99. The average Bonchev–Trinajstić information content (AvgIpc) is 3.07. The zero-order chi connectivity index (χ0) is 17.8. The first-order valence-electron chi connectivity index (χ1n) is 7.33. The molecule has 0 saturated heterocycles. The quantitative estimate of drug-likeness (QED) is 0.652. The summed E-state index contributed by atoms with van der Waals surface area (Å²) >= 11 is 7.18. The second kappa shape index (κ2) is 7.58. The Bertz CT molecular complexity index is 896. The highest BCUT2D eigenvalue weighted by atomic mass is 35.5. The summed E-state index contributed by atoms with van der Waals surface area (Å²) in [5.74, 6) is 0.419. The number of carbonyl (C=O) groups excluding carboxylic acids is 1. The van der Waals surface area contributed by atoms with E-state index in [1.54, 1.807) is 30.3 Å². The van der Waals surface area contributed by atoms with Crippen LogP contribution in [0.1, 0.15) is 5.56 Å². The number of thioether (sulfide) groups is 1. The Morgan fingerprint density at radius 1 is 1.24 bits per heavy atom. The van der Waals surface area contributed by atoms with Gasteiger partial charge in [0.1, 0.15) is 5.75 Å². The van der Waals surface area contributed by atoms with E-state index in [9.17, 15) is 9.90 Å². The van der Waals surface area contributed by atoms with Crippen LogP contribution >= 0.6 is 23.4 Å². The second-order valence-corrected chi connectivity index (χ2v) is 6.50. The molecule has 6 nitrogen and oxygen atoms in total. The fraction of sp³-hybridized carbons (Fsp3) is 0.118. The number of phenols is 1. The number of carbonyl (C=O) groups is 1. The van der Waals surface area contributed by atoms with E-state index in [4.69, 9.17) is 16.0 Å². The van der Waals surface area contributed by atoms with Crippen LogP contribution in [-0.4, -0.2) is 27.0 Å². The summed E-state index contributed by atoms with van der Waals surface area (Å²) in [6, 6.07) is 11.8. The highest BCUT2D eigenvalue weighted by Gasteiger charge is 2.12. The lowest BCUT2D eigenvalue weighted by Gasteiger charge is -2.08. The number of anilines is 1. The van der Waals surface area contributed by atoms with Gasteiger partial charge in [-0.15, -0.1) is 10.2 Å². The molecule has 2 N–H and O–H groups in total. The van der Waals surface area contributed by atoms with Crippen molar-refractivity contribution in [3.63, 3.8) is 0 Å². The highest BCUT2D eigenvalue weighted by Crippen LogP contribution is 2.26. The van der Waals surface area contributed by atoms with Crippen molar-refractivity contribution in [1.82, 2.24) is 10.2 Å². The van der Waals surface area contributed by atoms with E-state index in [1.807, 2.05) is 6.92 Å². The van der Waals surface area contributed by atoms with Gasteiger partial charge in [0.25, 0.3) is 5.22 Å². The van der Waals surface area contributed by atoms with Crippen LogP contribution in [-0.2, 0) is 4.79 Å². The van der Waals surface area contributed by atoms with Crippen molar-refractivity contribution in [3.8, 4) is 17.2 Å². The van der Waals surface area contributed by atoms with Gasteiger partial charge in [-0.3, -0.25) is 4.79 Å². The number of nitrogens with zero attached hydrogens (tertiary/aromatic N) is 2. The van der Waals surface area contributed by atoms with Crippen molar-refractivity contribution in [2.24, 2.45) is 0 Å². The number of rotatable bonds is 5. The SMILES string of the molecule is Cc1c(Cl)cccc1NC(=O)CSc1nnc(-c2ccc(O)cc2)o1. The van der Waals surface area contributed by atoms with Crippen molar-refractivity contribution in [2.75, 3.05) is 11.1 Å². The van der Waals surface area contributed by atoms with Crippen molar-refractivity contribution >= 4 is 35.0 Å². The Kier molecular flexibility index (Phi) is 5.25. The molecule has 2 aromatic carbocycles. The van der Waals surface area contributed by atoms with Gasteiger partial charge in [-0.05, 0) is 48.9 Å². The maximum Gasteiger partial charge on any atom is 0.277 e. The molecule has 3 rings (SSSR count). The average molecular weight is 376 g/mol. The number of hydrogen-bond acceptors (Lipinski definition) is 6. The molecular formula is C17H14ClN3O3S. The third-order valence-corrected chi connectivity index (χ3v) is 4.62. The molecule has 0 aliphatic carbocycles. The van der Waals surface area contributed by atoms with E-state index >= 15 is 0 Å². The molecule has 25 heavy (non-hydrogen) atoms. The standard InChI is InChI=1S/C17H14ClN3O3S/c1-10-13(18)3-2-4-14(10)19-15(23)9-25-17-21-20-16(24-17)11-5-7-12(22)8-6-11/h2-8,22H,9H2,1H3,(H,19,23). The Balaban J connectivity index is 1.59. The number of nitrogens with one attached hydrogen (secondary N) is 1. The zero-order valence-electron chi connectivity index (χ0n) is 13.2. The number of aromatic hydroxyl groups is 1. The molecule has 0 unspecified atom stereocenters. The van der Waals surface area contributed by atoms with Gasteiger partial charge >= 0.3 is 0 Å². The van der Waals surface area contributed by atoms with Gasteiger partial charge in [-0.1, -0.05) is 29.4 Å². The van der Waals surface area contributed by atoms with E-state index in [-0.39, 0.29) is 17.4 Å². The Morgan fingerprint density at radius 3 is 2.76 bits per heavy atom. The predicted molar refractivity (Wildman–Crippen MR) is 96.9 cm³/mol. The van der Waals surface area contributed by atoms with Gasteiger partial charge < -0.3 is 14.8 Å². The molecule has 0 fully saturated rings. The lowest BCUT2D eigenvalue weighted by molar-refractivity contribution is -0.113. The summed E-state index contributed by atoms with van der Waals surface area (Å²) in [6.07, 6.45) is 0. The number of hydrogen-bond donors (Lipinski definition) is 2. The third-order valence-electron chi connectivity index (χ3n) is 3.39. The summed E-state index contributed by atoms with van der Waals surface area (Å²) in [7, 11) is 0. The molecular weight excluding hydrogens is 362 g/mol. The summed E-state index contributed by atoms with van der Waals surface area (Å²) in [6.45, 7) is 1.84. The fourth-order valence-electron chi connectivity index (χ4n) is 2.05. The van der Waals surface area contributed by atoms with Crippen LogP contribution in [0.2, 0.25) is 5.02 Å². The minimum absolute atomic E-state index is 0.128. The molecule has 0 radical (unpaired) electrons. The van der Waals surface area contributed by atoms with Crippen LogP contribution in [0.15, 0.2) is 52.1 Å². The molecule has 0 saturated carbocycles. The monoisotopic (exact) mass is 375 g/mol. The normalized spacial score (nSPS) is 10.6. The van der Waals surface area contributed by atoms with Gasteiger partial charge in [0.15, 0.2) is 0 Å². The summed E-state index contributed by atoms with van der Waals surface area (Å²) < 4.78 is 5.51. The summed E-state index contributed by atoms with van der Waals surface area (Å²) in [5, 5.41) is 20.8. The molecule has 0 spiro atoms. The molecule has 1 aromatic heterocycles. The summed E-state index contributed by atoms with van der Waals surface area (Å²) in [4.78, 5) is 12.1. The first-order valence-corrected chi connectivity index (χ1v) is 8.70. The van der Waals surface area contributed by atoms with Crippen LogP contribution in [0.4, 0.5) is 5.69 Å². The van der Waals surface area contributed by atoms with E-state index in [1.165, 1.54) is 12.1 Å². The Morgan fingerprint density at radius 2 is 2.00 bits per heavy atom. The molecule has 8 heteroatoms. The minimum Gasteiger partial charge on any atom is -0.508 e. The lowest BCUT2D eigenvalue weighted by atomic mass is 10.2. The number of benzene rings is 2. The minimum atomic E-state index is -0.195. The van der Waals surface area contributed by atoms with Crippen LogP contribution < -0.4 is 5.32 Å². The van der Waals surface area contributed by atoms with Gasteiger partial charge in [0, 0.05) is 16.3 Å². The Labute approximate surface area is 153 Å². The first-order chi connectivity index (χ1) is 12.0. The van der Waals surface area contributed by atoms with Crippen molar-refractivity contribution in [3.05, 3.63) is 53.1 Å². The number of phenolic OH excluding ortho intramolecular Hbond substituents is 1. The number of amides is 1. The van der Waals surface area contributed by atoms with Gasteiger partial charge in [0.2, 0.25) is 11.8 Å². The molecule has 0 aliphatic heterocycles. The summed E-state index contributed by atoms with van der Waals surface area (Å²) in [5.41, 5.74) is 2.18. The van der Waals surface area contributed by atoms with Gasteiger partial charge in [0.05, 0.1) is 5.75 Å². The van der Waals surface area contributed by atoms with Crippen LogP contribution in [0.25, 0.3) is 11.5 Å². The fourth-order valence-corrected chi connectivity index (χ4v) is 2.78. The molecule has 3 aromatic rings. The van der Waals surface area contributed by atoms with Crippen LogP contribution in [0, 0.1) is 6.92 Å². The maximum atomic E-state index is 12.1. The second-order valence-electron chi connectivity index (χ2n) is 5.17. The van der Waals surface area contributed by atoms with Crippen molar-refractivity contribution < 1.29 is 14.3 Å². The first kappa shape index (κ1) is 17.3.